The van der Waals surface area contributed by atoms with Gasteiger partial charge in [0.05, 0.1) is 6.54 Å². The summed E-state index contributed by atoms with van der Waals surface area (Å²) in [7, 11) is 0. The quantitative estimate of drug-likeness (QED) is 0.847. The highest BCUT2D eigenvalue weighted by Gasteiger charge is 2.24. The van der Waals surface area contributed by atoms with Gasteiger partial charge in [0.15, 0.2) is 0 Å². The first-order valence-electron chi connectivity index (χ1n) is 8.94. The molecule has 1 N–H and O–H groups in total. The van der Waals surface area contributed by atoms with Gasteiger partial charge in [-0.2, -0.15) is 0 Å². The number of nitrogens with zero attached hydrogens (tertiary/aromatic N) is 5. The van der Waals surface area contributed by atoms with Crippen LogP contribution in [0.15, 0.2) is 18.2 Å². The van der Waals surface area contributed by atoms with Crippen molar-refractivity contribution in [1.29, 1.82) is 0 Å². The number of nitrogens with one attached hydrogen (secondary N) is 1. The van der Waals surface area contributed by atoms with E-state index in [0.717, 1.165) is 62.3 Å². The lowest BCUT2D eigenvalue weighted by atomic mass is 10.1. The van der Waals surface area contributed by atoms with Gasteiger partial charge in [-0.15, -0.1) is 10.2 Å². The molecule has 1 saturated heterocycles. The normalized spacial score (nSPS) is 18.2. The fourth-order valence-corrected chi connectivity index (χ4v) is 3.37. The third kappa shape index (κ3) is 4.12. The van der Waals surface area contributed by atoms with Crippen molar-refractivity contribution in [3.63, 3.8) is 0 Å². The minimum Gasteiger partial charge on any atom is -0.370 e. The molecule has 130 valence electrons. The largest absolute Gasteiger partial charge is 0.370 e. The standard InChI is InChI=1S/C18H28N6/c1-4-9-24-15(3)21-22-18(24)13-23-10-8-16(12-23)11-19-17-7-5-6-14(2)20-17/h5-7,16H,4,8-13H2,1-3H3,(H,19,20)/t16-/m1/s1. The first-order valence-corrected chi connectivity index (χ1v) is 8.94. The summed E-state index contributed by atoms with van der Waals surface area (Å²) in [4.78, 5) is 7.00. The second-order valence-electron chi connectivity index (χ2n) is 6.75. The van der Waals surface area contributed by atoms with Crippen molar-refractivity contribution in [2.45, 2.75) is 46.7 Å². The van der Waals surface area contributed by atoms with E-state index >= 15 is 0 Å². The van der Waals surface area contributed by atoms with Gasteiger partial charge >= 0.3 is 0 Å². The van der Waals surface area contributed by atoms with Crippen molar-refractivity contribution in [3.05, 3.63) is 35.5 Å². The van der Waals surface area contributed by atoms with Crippen LogP contribution in [-0.4, -0.2) is 44.3 Å². The minimum atomic E-state index is 0.663. The Morgan fingerprint density at radius 2 is 2.12 bits per heavy atom. The van der Waals surface area contributed by atoms with Crippen LogP contribution in [0.25, 0.3) is 0 Å². The summed E-state index contributed by atoms with van der Waals surface area (Å²) in [6.07, 6.45) is 2.33. The maximum absolute atomic E-state index is 4.51. The molecule has 1 aliphatic heterocycles. The number of pyridine rings is 1. The molecule has 0 spiro atoms. The first-order chi connectivity index (χ1) is 11.7. The Bertz CT molecular complexity index is 665. The molecule has 0 radical (unpaired) electrons. The van der Waals surface area contributed by atoms with Crippen LogP contribution in [0.5, 0.6) is 0 Å². The average molecular weight is 328 g/mol. The molecule has 2 aromatic heterocycles. The third-order valence-corrected chi connectivity index (χ3v) is 4.65. The summed E-state index contributed by atoms with van der Waals surface area (Å²) in [5, 5.41) is 12.1. The summed E-state index contributed by atoms with van der Waals surface area (Å²) < 4.78 is 2.25. The molecule has 0 unspecified atom stereocenters. The number of likely N-dealkylation sites (tertiary alicyclic amines) is 1. The summed E-state index contributed by atoms with van der Waals surface area (Å²) in [5.74, 6) is 3.76. The second kappa shape index (κ2) is 7.75. The Kier molecular flexibility index (Phi) is 5.45. The van der Waals surface area contributed by atoms with E-state index in [1.165, 1.54) is 6.42 Å². The van der Waals surface area contributed by atoms with Gasteiger partial charge in [-0.3, -0.25) is 4.90 Å². The fraction of sp³-hybridized carbons (Fsp3) is 0.611. The van der Waals surface area contributed by atoms with Crippen LogP contribution in [0.1, 0.15) is 37.1 Å². The van der Waals surface area contributed by atoms with Crippen LogP contribution in [0, 0.1) is 19.8 Å². The van der Waals surface area contributed by atoms with Crippen LogP contribution < -0.4 is 5.32 Å². The zero-order chi connectivity index (χ0) is 16.9. The molecular formula is C18H28N6. The van der Waals surface area contributed by atoms with Gasteiger partial charge in [-0.1, -0.05) is 13.0 Å². The third-order valence-electron chi connectivity index (χ3n) is 4.65. The highest BCUT2D eigenvalue weighted by molar-refractivity contribution is 5.35. The molecule has 24 heavy (non-hydrogen) atoms. The molecule has 6 heteroatoms. The number of hydrogen-bond acceptors (Lipinski definition) is 5. The Hall–Kier alpha value is -1.95. The maximum atomic E-state index is 4.51. The molecule has 0 aliphatic carbocycles. The van der Waals surface area contributed by atoms with E-state index in [-0.39, 0.29) is 0 Å². The zero-order valence-corrected chi connectivity index (χ0v) is 15.0. The minimum absolute atomic E-state index is 0.663. The Morgan fingerprint density at radius 3 is 2.92 bits per heavy atom. The number of aryl methyl sites for hydroxylation is 2. The monoisotopic (exact) mass is 328 g/mol. The second-order valence-corrected chi connectivity index (χ2v) is 6.75. The number of hydrogen-bond donors (Lipinski definition) is 1. The van der Waals surface area contributed by atoms with Crippen molar-refractivity contribution in [3.8, 4) is 0 Å². The highest BCUT2D eigenvalue weighted by atomic mass is 15.3. The number of rotatable bonds is 7. The topological polar surface area (TPSA) is 58.9 Å². The van der Waals surface area contributed by atoms with E-state index in [9.17, 15) is 0 Å². The molecule has 6 nitrogen and oxygen atoms in total. The average Bonchev–Trinajstić information content (AvgIpc) is 3.15. The lowest BCUT2D eigenvalue weighted by Gasteiger charge is -2.17. The van der Waals surface area contributed by atoms with Crippen molar-refractivity contribution < 1.29 is 0 Å². The lowest BCUT2D eigenvalue weighted by Crippen LogP contribution is -2.24. The molecule has 3 rings (SSSR count). The molecular weight excluding hydrogens is 300 g/mol. The lowest BCUT2D eigenvalue weighted by molar-refractivity contribution is 0.304. The zero-order valence-electron chi connectivity index (χ0n) is 15.0. The summed E-state index contributed by atoms with van der Waals surface area (Å²) in [6, 6.07) is 6.11. The number of anilines is 1. The molecule has 2 aromatic rings. The van der Waals surface area contributed by atoms with Crippen molar-refractivity contribution >= 4 is 5.82 Å². The van der Waals surface area contributed by atoms with E-state index in [1.54, 1.807) is 0 Å². The van der Waals surface area contributed by atoms with Gasteiger partial charge in [-0.25, -0.2) is 4.98 Å². The van der Waals surface area contributed by atoms with Gasteiger partial charge in [0.25, 0.3) is 0 Å². The van der Waals surface area contributed by atoms with E-state index < -0.39 is 0 Å². The van der Waals surface area contributed by atoms with Gasteiger partial charge in [0.1, 0.15) is 17.5 Å². The van der Waals surface area contributed by atoms with Gasteiger partial charge in [-0.05, 0) is 51.3 Å². The maximum Gasteiger partial charge on any atom is 0.147 e. The Balaban J connectivity index is 1.50. The molecule has 0 aromatic carbocycles. The molecule has 0 saturated carbocycles. The van der Waals surface area contributed by atoms with Crippen LogP contribution in [0.2, 0.25) is 0 Å². The first kappa shape index (κ1) is 16.9. The smallest absolute Gasteiger partial charge is 0.147 e. The SMILES string of the molecule is CCCn1c(C)nnc1CN1CC[C@H](CNc2cccc(C)n2)C1. The Labute approximate surface area is 144 Å². The van der Waals surface area contributed by atoms with Crippen LogP contribution >= 0.6 is 0 Å². The molecule has 0 amide bonds. The predicted octanol–water partition coefficient (Wildman–Crippen LogP) is 2.63. The number of aromatic nitrogens is 4. The highest BCUT2D eigenvalue weighted by Crippen LogP contribution is 2.19. The molecule has 1 aliphatic rings. The van der Waals surface area contributed by atoms with E-state index in [1.807, 2.05) is 26.0 Å². The van der Waals surface area contributed by atoms with E-state index in [2.05, 4.69) is 43.0 Å². The van der Waals surface area contributed by atoms with Crippen molar-refractivity contribution in [1.82, 2.24) is 24.6 Å². The summed E-state index contributed by atoms with van der Waals surface area (Å²) >= 11 is 0. The molecule has 1 atom stereocenters. The van der Waals surface area contributed by atoms with E-state index in [4.69, 9.17) is 0 Å². The molecule has 3 heterocycles. The van der Waals surface area contributed by atoms with Crippen molar-refractivity contribution in [2.75, 3.05) is 25.0 Å². The van der Waals surface area contributed by atoms with Gasteiger partial charge < -0.3 is 9.88 Å². The van der Waals surface area contributed by atoms with E-state index in [0.29, 0.717) is 5.92 Å². The summed E-state index contributed by atoms with van der Waals surface area (Å²) in [5.41, 5.74) is 1.05. The van der Waals surface area contributed by atoms with Crippen LogP contribution in [0.4, 0.5) is 5.82 Å². The van der Waals surface area contributed by atoms with Gasteiger partial charge in [0, 0.05) is 25.3 Å². The van der Waals surface area contributed by atoms with Crippen LogP contribution in [-0.2, 0) is 13.1 Å². The van der Waals surface area contributed by atoms with Crippen LogP contribution in [0.3, 0.4) is 0 Å². The van der Waals surface area contributed by atoms with Gasteiger partial charge in [0.2, 0.25) is 0 Å². The fourth-order valence-electron chi connectivity index (χ4n) is 3.37. The molecule has 0 bridgehead atoms. The van der Waals surface area contributed by atoms with Crippen molar-refractivity contribution in [2.24, 2.45) is 5.92 Å². The molecule has 1 fully saturated rings. The predicted molar refractivity (Wildman–Crippen MR) is 95.9 cm³/mol. The summed E-state index contributed by atoms with van der Waals surface area (Å²) in [6.45, 7) is 11.4. The Morgan fingerprint density at radius 1 is 1.25 bits per heavy atom.